The van der Waals surface area contributed by atoms with E-state index in [9.17, 15) is 4.79 Å². The van der Waals surface area contributed by atoms with Gasteiger partial charge in [0.05, 0.1) is 12.0 Å². The summed E-state index contributed by atoms with van der Waals surface area (Å²) in [5, 5.41) is 0. The van der Waals surface area contributed by atoms with Crippen molar-refractivity contribution >= 4 is 18.3 Å². The van der Waals surface area contributed by atoms with E-state index in [1.54, 1.807) is 0 Å². The standard InChI is InChI=1S/C22H28N2O2.ClH/c1-17(21(23)19-11-6-3-7-12-19)22(25)24(16-20-13-8-14-26-20)15-18-9-4-2-5-10-18;/h2-7,9-12,17,20-21H,8,13-16,23H2,1H3;1H. The Morgan fingerprint density at radius 2 is 1.78 bits per heavy atom. The van der Waals surface area contributed by atoms with E-state index in [-0.39, 0.29) is 36.4 Å². The molecule has 2 N–H and O–H groups in total. The molecule has 2 aromatic rings. The van der Waals surface area contributed by atoms with Crippen molar-refractivity contribution in [1.29, 1.82) is 0 Å². The third kappa shape index (κ3) is 5.80. The Morgan fingerprint density at radius 1 is 1.15 bits per heavy atom. The minimum atomic E-state index is -0.313. The maximum atomic E-state index is 13.2. The third-order valence-corrected chi connectivity index (χ3v) is 5.09. The first kappa shape index (κ1) is 21.4. The molecular formula is C22H29ClN2O2. The Hall–Kier alpha value is -1.88. The van der Waals surface area contributed by atoms with E-state index in [0.717, 1.165) is 30.6 Å². The average molecular weight is 389 g/mol. The van der Waals surface area contributed by atoms with Crippen molar-refractivity contribution in [2.45, 2.75) is 38.5 Å². The molecule has 3 rings (SSSR count). The Morgan fingerprint density at radius 3 is 2.37 bits per heavy atom. The molecule has 0 bridgehead atoms. The van der Waals surface area contributed by atoms with Gasteiger partial charge in [0.15, 0.2) is 0 Å². The molecule has 27 heavy (non-hydrogen) atoms. The van der Waals surface area contributed by atoms with Crippen LogP contribution in [-0.2, 0) is 16.1 Å². The first-order valence-electron chi connectivity index (χ1n) is 9.40. The van der Waals surface area contributed by atoms with E-state index >= 15 is 0 Å². The molecule has 0 saturated carbocycles. The molecule has 1 aliphatic rings. The van der Waals surface area contributed by atoms with Crippen LogP contribution in [0.25, 0.3) is 0 Å². The zero-order valence-corrected chi connectivity index (χ0v) is 16.6. The van der Waals surface area contributed by atoms with E-state index in [0.29, 0.717) is 13.1 Å². The molecule has 1 saturated heterocycles. The summed E-state index contributed by atoms with van der Waals surface area (Å²) in [7, 11) is 0. The number of carbonyl (C=O) groups is 1. The molecule has 146 valence electrons. The van der Waals surface area contributed by atoms with Gasteiger partial charge < -0.3 is 15.4 Å². The van der Waals surface area contributed by atoms with Gasteiger partial charge in [-0.1, -0.05) is 67.6 Å². The van der Waals surface area contributed by atoms with Crippen LogP contribution < -0.4 is 5.73 Å². The lowest BCUT2D eigenvalue weighted by atomic mass is 9.94. The second-order valence-electron chi connectivity index (χ2n) is 7.06. The van der Waals surface area contributed by atoms with Crippen LogP contribution in [0.4, 0.5) is 0 Å². The molecule has 3 atom stereocenters. The van der Waals surface area contributed by atoms with Crippen molar-refractivity contribution in [3.05, 3.63) is 71.8 Å². The van der Waals surface area contributed by atoms with Gasteiger partial charge >= 0.3 is 0 Å². The van der Waals surface area contributed by atoms with Gasteiger partial charge in [0.2, 0.25) is 5.91 Å². The number of carbonyl (C=O) groups excluding carboxylic acids is 1. The fourth-order valence-electron chi connectivity index (χ4n) is 3.48. The molecular weight excluding hydrogens is 360 g/mol. The van der Waals surface area contributed by atoms with Crippen LogP contribution >= 0.6 is 12.4 Å². The summed E-state index contributed by atoms with van der Waals surface area (Å²) in [6.07, 6.45) is 2.21. The molecule has 1 heterocycles. The van der Waals surface area contributed by atoms with Gasteiger partial charge in [-0.2, -0.15) is 0 Å². The fraction of sp³-hybridized carbons (Fsp3) is 0.409. The van der Waals surface area contributed by atoms with E-state index in [2.05, 4.69) is 12.1 Å². The average Bonchev–Trinajstić information content (AvgIpc) is 3.20. The van der Waals surface area contributed by atoms with Crippen LogP contribution in [0.2, 0.25) is 0 Å². The monoisotopic (exact) mass is 388 g/mol. The molecule has 0 radical (unpaired) electrons. The van der Waals surface area contributed by atoms with Crippen LogP contribution in [-0.4, -0.2) is 30.1 Å². The lowest BCUT2D eigenvalue weighted by Crippen LogP contribution is -2.42. The summed E-state index contributed by atoms with van der Waals surface area (Å²) in [5.74, 6) is -0.205. The maximum Gasteiger partial charge on any atom is 0.227 e. The van der Waals surface area contributed by atoms with Gasteiger partial charge in [0, 0.05) is 25.7 Å². The predicted molar refractivity (Wildman–Crippen MR) is 111 cm³/mol. The summed E-state index contributed by atoms with van der Waals surface area (Å²) in [6, 6.07) is 19.6. The van der Waals surface area contributed by atoms with E-state index in [1.807, 2.05) is 60.4 Å². The van der Waals surface area contributed by atoms with Crippen LogP contribution in [0.1, 0.15) is 36.9 Å². The van der Waals surface area contributed by atoms with Crippen molar-refractivity contribution < 1.29 is 9.53 Å². The number of hydrogen-bond donors (Lipinski definition) is 1. The first-order valence-corrected chi connectivity index (χ1v) is 9.40. The third-order valence-electron chi connectivity index (χ3n) is 5.09. The second-order valence-corrected chi connectivity index (χ2v) is 7.06. The Labute approximate surface area is 168 Å². The van der Waals surface area contributed by atoms with E-state index in [1.165, 1.54) is 0 Å². The summed E-state index contributed by atoms with van der Waals surface area (Å²) in [4.78, 5) is 15.2. The largest absolute Gasteiger partial charge is 0.376 e. The molecule has 0 aromatic heterocycles. The summed E-state index contributed by atoms with van der Waals surface area (Å²) in [6.45, 7) is 3.93. The smallest absolute Gasteiger partial charge is 0.227 e. The molecule has 1 fully saturated rings. The zero-order valence-electron chi connectivity index (χ0n) is 15.8. The predicted octanol–water partition coefficient (Wildman–Crippen LogP) is 3.95. The minimum absolute atomic E-state index is 0. The van der Waals surface area contributed by atoms with Crippen molar-refractivity contribution in [3.63, 3.8) is 0 Å². The highest BCUT2D eigenvalue weighted by molar-refractivity contribution is 5.85. The Balaban J connectivity index is 0.00000261. The van der Waals surface area contributed by atoms with Crippen LogP contribution in [0.5, 0.6) is 0 Å². The number of nitrogens with zero attached hydrogens (tertiary/aromatic N) is 1. The Kier molecular flexibility index (Phi) is 8.29. The number of benzene rings is 2. The normalized spacial score (nSPS) is 18.4. The van der Waals surface area contributed by atoms with Crippen molar-refractivity contribution in [1.82, 2.24) is 4.90 Å². The van der Waals surface area contributed by atoms with Gasteiger partial charge in [0.1, 0.15) is 0 Å². The highest BCUT2D eigenvalue weighted by Gasteiger charge is 2.29. The number of amides is 1. The fourth-order valence-corrected chi connectivity index (χ4v) is 3.48. The highest BCUT2D eigenvalue weighted by atomic mass is 35.5. The van der Waals surface area contributed by atoms with E-state index in [4.69, 9.17) is 10.5 Å². The molecule has 0 aliphatic carbocycles. The maximum absolute atomic E-state index is 13.2. The van der Waals surface area contributed by atoms with Gasteiger partial charge in [-0.15, -0.1) is 12.4 Å². The highest BCUT2D eigenvalue weighted by Crippen LogP contribution is 2.23. The minimum Gasteiger partial charge on any atom is -0.376 e. The molecule has 2 aromatic carbocycles. The number of rotatable bonds is 7. The Bertz CT molecular complexity index is 690. The van der Waals surface area contributed by atoms with Crippen molar-refractivity contribution in [2.24, 2.45) is 11.7 Å². The lowest BCUT2D eigenvalue weighted by molar-refractivity contribution is -0.138. The molecule has 1 aliphatic heterocycles. The van der Waals surface area contributed by atoms with Crippen LogP contribution in [0.15, 0.2) is 60.7 Å². The van der Waals surface area contributed by atoms with Crippen LogP contribution in [0.3, 0.4) is 0 Å². The second kappa shape index (κ2) is 10.5. The number of nitrogens with two attached hydrogens (primary N) is 1. The molecule has 5 heteroatoms. The molecule has 0 spiro atoms. The SMILES string of the molecule is CC(C(=O)N(Cc1ccccc1)CC1CCCO1)C(N)c1ccccc1.Cl. The summed E-state index contributed by atoms with van der Waals surface area (Å²) >= 11 is 0. The number of halogens is 1. The summed E-state index contributed by atoms with van der Waals surface area (Å²) < 4.78 is 5.77. The lowest BCUT2D eigenvalue weighted by Gasteiger charge is -2.30. The van der Waals surface area contributed by atoms with Gasteiger partial charge in [-0.3, -0.25) is 4.79 Å². The van der Waals surface area contributed by atoms with Crippen molar-refractivity contribution in [3.8, 4) is 0 Å². The topological polar surface area (TPSA) is 55.6 Å². The van der Waals surface area contributed by atoms with E-state index < -0.39 is 0 Å². The van der Waals surface area contributed by atoms with Gasteiger partial charge in [-0.25, -0.2) is 0 Å². The van der Waals surface area contributed by atoms with Crippen molar-refractivity contribution in [2.75, 3.05) is 13.2 Å². The number of hydrogen-bond acceptors (Lipinski definition) is 3. The molecule has 4 nitrogen and oxygen atoms in total. The first-order chi connectivity index (χ1) is 12.6. The summed E-state index contributed by atoms with van der Waals surface area (Å²) in [5.41, 5.74) is 8.52. The molecule has 3 unspecified atom stereocenters. The molecule has 1 amide bonds. The quantitative estimate of drug-likeness (QED) is 0.781. The number of ether oxygens (including phenoxy) is 1. The van der Waals surface area contributed by atoms with Gasteiger partial charge in [-0.05, 0) is 24.0 Å². The zero-order chi connectivity index (χ0) is 18.4. The van der Waals surface area contributed by atoms with Gasteiger partial charge in [0.25, 0.3) is 0 Å². The van der Waals surface area contributed by atoms with Crippen LogP contribution in [0, 0.1) is 5.92 Å².